The second kappa shape index (κ2) is 3.45. The smallest absolute Gasteiger partial charge is 0.346 e. The standard InChI is InChI=1S/C11H13NO2/c12-6-10(11(13)14)5-9-4-7-1-2-8(9)3-7/h5,7-9H,1-4H2,(H,13,14)/b10-5-. The number of nitrogens with zero attached hydrogens (tertiary/aromatic N) is 1. The first-order valence-electron chi connectivity index (χ1n) is 5.06. The Balaban J connectivity index is 2.11. The van der Waals surface area contributed by atoms with Gasteiger partial charge in [-0.1, -0.05) is 12.5 Å². The summed E-state index contributed by atoms with van der Waals surface area (Å²) >= 11 is 0. The van der Waals surface area contributed by atoms with Crippen LogP contribution in [0.2, 0.25) is 0 Å². The maximum atomic E-state index is 10.6. The van der Waals surface area contributed by atoms with Gasteiger partial charge < -0.3 is 5.11 Å². The number of rotatable bonds is 2. The van der Waals surface area contributed by atoms with Gasteiger partial charge in [-0.15, -0.1) is 0 Å². The molecule has 0 spiro atoms. The van der Waals surface area contributed by atoms with E-state index in [1.807, 2.05) is 0 Å². The van der Waals surface area contributed by atoms with Crippen molar-refractivity contribution in [1.29, 1.82) is 5.26 Å². The topological polar surface area (TPSA) is 61.1 Å². The summed E-state index contributed by atoms with van der Waals surface area (Å²) in [5, 5.41) is 17.3. The molecule has 2 rings (SSSR count). The van der Waals surface area contributed by atoms with Gasteiger partial charge in [0.05, 0.1) is 0 Å². The molecule has 0 heterocycles. The Kier molecular flexibility index (Phi) is 2.28. The summed E-state index contributed by atoms with van der Waals surface area (Å²) in [6.45, 7) is 0. The van der Waals surface area contributed by atoms with E-state index < -0.39 is 5.97 Å². The van der Waals surface area contributed by atoms with E-state index in [0.29, 0.717) is 11.8 Å². The summed E-state index contributed by atoms with van der Waals surface area (Å²) in [7, 11) is 0. The molecule has 0 aromatic heterocycles. The zero-order valence-corrected chi connectivity index (χ0v) is 7.94. The third-order valence-corrected chi connectivity index (χ3v) is 3.52. The molecule has 3 unspecified atom stereocenters. The number of hydrogen-bond donors (Lipinski definition) is 1. The third-order valence-electron chi connectivity index (χ3n) is 3.52. The van der Waals surface area contributed by atoms with Gasteiger partial charge in [-0.25, -0.2) is 4.79 Å². The van der Waals surface area contributed by atoms with E-state index in [-0.39, 0.29) is 5.57 Å². The maximum Gasteiger partial charge on any atom is 0.346 e. The van der Waals surface area contributed by atoms with Crippen molar-refractivity contribution >= 4 is 5.97 Å². The van der Waals surface area contributed by atoms with Crippen molar-refractivity contribution in [1.82, 2.24) is 0 Å². The van der Waals surface area contributed by atoms with Crippen LogP contribution < -0.4 is 0 Å². The second-order valence-corrected chi connectivity index (χ2v) is 4.34. The molecule has 3 nitrogen and oxygen atoms in total. The Morgan fingerprint density at radius 2 is 2.21 bits per heavy atom. The number of carboxylic acids is 1. The third kappa shape index (κ3) is 1.52. The van der Waals surface area contributed by atoms with Crippen LogP contribution in [0.25, 0.3) is 0 Å². The fourth-order valence-corrected chi connectivity index (χ4v) is 2.87. The minimum absolute atomic E-state index is 0.0810. The Hall–Kier alpha value is -1.30. The van der Waals surface area contributed by atoms with Crippen molar-refractivity contribution in [3.8, 4) is 6.07 Å². The highest BCUT2D eigenvalue weighted by atomic mass is 16.4. The molecule has 0 amide bonds. The van der Waals surface area contributed by atoms with Crippen LogP contribution >= 0.6 is 0 Å². The predicted octanol–water partition coefficient (Wildman–Crippen LogP) is 1.96. The molecule has 2 saturated carbocycles. The van der Waals surface area contributed by atoms with Crippen LogP contribution in [0, 0.1) is 29.1 Å². The van der Waals surface area contributed by atoms with Crippen LogP contribution in [0.5, 0.6) is 0 Å². The summed E-state index contributed by atoms with van der Waals surface area (Å²) in [5.74, 6) is 0.687. The molecular weight excluding hydrogens is 178 g/mol. The normalized spacial score (nSPS) is 35.6. The Morgan fingerprint density at radius 1 is 1.43 bits per heavy atom. The van der Waals surface area contributed by atoms with E-state index in [1.165, 1.54) is 19.3 Å². The lowest BCUT2D eigenvalue weighted by Crippen LogP contribution is -2.10. The molecule has 0 saturated heterocycles. The molecule has 3 heteroatoms. The van der Waals surface area contributed by atoms with Crippen molar-refractivity contribution in [2.24, 2.45) is 17.8 Å². The minimum atomic E-state index is -1.09. The van der Waals surface area contributed by atoms with Gasteiger partial charge >= 0.3 is 5.97 Å². The Bertz CT molecular complexity index is 327. The second-order valence-electron chi connectivity index (χ2n) is 4.34. The molecule has 0 aromatic carbocycles. The minimum Gasteiger partial charge on any atom is -0.477 e. The number of nitriles is 1. The van der Waals surface area contributed by atoms with Gasteiger partial charge in [0, 0.05) is 0 Å². The number of fused-ring (bicyclic) bond motifs is 2. The van der Waals surface area contributed by atoms with Crippen molar-refractivity contribution < 1.29 is 9.90 Å². The van der Waals surface area contributed by atoms with Gasteiger partial charge in [0.1, 0.15) is 11.6 Å². The summed E-state index contributed by atoms with van der Waals surface area (Å²) in [5.41, 5.74) is -0.0810. The molecular formula is C11H13NO2. The zero-order chi connectivity index (χ0) is 10.1. The molecule has 2 aliphatic carbocycles. The summed E-state index contributed by atoms with van der Waals surface area (Å²) in [6, 6.07) is 1.75. The summed E-state index contributed by atoms with van der Waals surface area (Å²) in [6.07, 6.45) is 6.50. The maximum absolute atomic E-state index is 10.6. The number of hydrogen-bond acceptors (Lipinski definition) is 2. The molecule has 0 aromatic rings. The van der Waals surface area contributed by atoms with E-state index in [9.17, 15) is 4.79 Å². The van der Waals surface area contributed by atoms with E-state index in [1.54, 1.807) is 12.1 Å². The quantitative estimate of drug-likeness (QED) is 0.536. The van der Waals surface area contributed by atoms with E-state index in [0.717, 1.165) is 12.3 Å². The molecule has 1 N–H and O–H groups in total. The molecule has 14 heavy (non-hydrogen) atoms. The lowest BCUT2D eigenvalue weighted by atomic mass is 9.87. The van der Waals surface area contributed by atoms with Gasteiger partial charge in [-0.2, -0.15) is 5.26 Å². The van der Waals surface area contributed by atoms with Crippen molar-refractivity contribution in [2.75, 3.05) is 0 Å². The number of carbonyl (C=O) groups is 1. The van der Waals surface area contributed by atoms with E-state index >= 15 is 0 Å². The van der Waals surface area contributed by atoms with E-state index in [2.05, 4.69) is 0 Å². The number of carboxylic acid groups (broad SMARTS) is 1. The number of aliphatic carboxylic acids is 1. The van der Waals surface area contributed by atoms with Crippen LogP contribution in [-0.4, -0.2) is 11.1 Å². The highest BCUT2D eigenvalue weighted by molar-refractivity contribution is 5.91. The van der Waals surface area contributed by atoms with Gasteiger partial charge in [-0.05, 0) is 37.0 Å². The number of allylic oxidation sites excluding steroid dienone is 1. The SMILES string of the molecule is N#C/C(=C/C1CC2CCC1C2)C(=O)O. The van der Waals surface area contributed by atoms with Crippen molar-refractivity contribution in [3.63, 3.8) is 0 Å². The molecule has 2 aliphatic rings. The summed E-state index contributed by atoms with van der Waals surface area (Å²) < 4.78 is 0. The van der Waals surface area contributed by atoms with Crippen LogP contribution in [0.4, 0.5) is 0 Å². The van der Waals surface area contributed by atoms with Gasteiger partial charge in [0.2, 0.25) is 0 Å². The fraction of sp³-hybridized carbons (Fsp3) is 0.636. The molecule has 2 bridgehead atoms. The summed E-state index contributed by atoms with van der Waals surface area (Å²) in [4.78, 5) is 10.6. The van der Waals surface area contributed by atoms with Crippen LogP contribution in [0.3, 0.4) is 0 Å². The largest absolute Gasteiger partial charge is 0.477 e. The van der Waals surface area contributed by atoms with Crippen LogP contribution in [-0.2, 0) is 4.79 Å². The highest BCUT2D eigenvalue weighted by Gasteiger charge is 2.38. The highest BCUT2D eigenvalue weighted by Crippen LogP contribution is 2.49. The molecule has 3 atom stereocenters. The zero-order valence-electron chi connectivity index (χ0n) is 7.94. The average molecular weight is 191 g/mol. The van der Waals surface area contributed by atoms with Crippen LogP contribution in [0.15, 0.2) is 11.6 Å². The van der Waals surface area contributed by atoms with E-state index in [4.69, 9.17) is 10.4 Å². The van der Waals surface area contributed by atoms with Crippen LogP contribution in [0.1, 0.15) is 25.7 Å². The van der Waals surface area contributed by atoms with Gasteiger partial charge in [0.15, 0.2) is 0 Å². The first kappa shape index (κ1) is 9.26. The predicted molar refractivity (Wildman–Crippen MR) is 50.3 cm³/mol. The van der Waals surface area contributed by atoms with Crippen molar-refractivity contribution in [2.45, 2.75) is 25.7 Å². The molecule has 0 radical (unpaired) electrons. The van der Waals surface area contributed by atoms with Gasteiger partial charge in [-0.3, -0.25) is 0 Å². The average Bonchev–Trinajstić information content (AvgIpc) is 2.74. The monoisotopic (exact) mass is 191 g/mol. The molecule has 0 aliphatic heterocycles. The Morgan fingerprint density at radius 3 is 2.64 bits per heavy atom. The fourth-order valence-electron chi connectivity index (χ4n) is 2.87. The Labute approximate surface area is 83.0 Å². The molecule has 74 valence electrons. The first-order valence-corrected chi connectivity index (χ1v) is 5.06. The first-order chi connectivity index (χ1) is 6.70. The van der Waals surface area contributed by atoms with Crippen molar-refractivity contribution in [3.05, 3.63) is 11.6 Å². The lowest BCUT2D eigenvalue weighted by Gasteiger charge is -2.17. The molecule has 2 fully saturated rings. The lowest BCUT2D eigenvalue weighted by molar-refractivity contribution is -0.132. The van der Waals surface area contributed by atoms with Gasteiger partial charge in [0.25, 0.3) is 0 Å².